The maximum absolute atomic E-state index is 4.22. The van der Waals surface area contributed by atoms with Gasteiger partial charge in [-0.3, -0.25) is 4.98 Å². The van der Waals surface area contributed by atoms with Gasteiger partial charge in [-0.1, -0.05) is 64.1 Å². The van der Waals surface area contributed by atoms with Gasteiger partial charge in [0.05, 0.1) is 0 Å². The fourth-order valence-corrected chi connectivity index (χ4v) is 2.02. The molecular weight excluding hydrogens is 242 g/mol. The number of hydrogen-bond donors (Lipinski definition) is 0. The zero-order valence-corrected chi connectivity index (χ0v) is 13.2. The van der Waals surface area contributed by atoms with Crippen molar-refractivity contribution in [3.05, 3.63) is 66.0 Å². The van der Waals surface area contributed by atoms with Crippen molar-refractivity contribution >= 4 is 0 Å². The van der Waals surface area contributed by atoms with Gasteiger partial charge >= 0.3 is 0 Å². The standard InChI is InChI=1S/C10H14.C9H13N/c1-9(2)8-10-6-4-3-5-7-10;1-8(2)7-9-5-3-4-6-10-9/h3-7,9H,8H2,1-2H3;3-6,8H,7H2,1-2H3. The molecule has 1 heterocycles. The molecule has 1 nitrogen and oxygen atoms in total. The van der Waals surface area contributed by atoms with Gasteiger partial charge in [0.15, 0.2) is 0 Å². The van der Waals surface area contributed by atoms with Crippen LogP contribution in [-0.4, -0.2) is 4.98 Å². The second kappa shape index (κ2) is 9.30. The molecule has 2 rings (SSSR count). The van der Waals surface area contributed by atoms with E-state index in [1.807, 2.05) is 18.3 Å². The summed E-state index contributed by atoms with van der Waals surface area (Å²) in [6.07, 6.45) is 4.12. The van der Waals surface area contributed by atoms with E-state index in [9.17, 15) is 0 Å². The maximum atomic E-state index is 4.22. The topological polar surface area (TPSA) is 12.9 Å². The monoisotopic (exact) mass is 269 g/mol. The van der Waals surface area contributed by atoms with Crippen molar-refractivity contribution in [3.63, 3.8) is 0 Å². The van der Waals surface area contributed by atoms with Gasteiger partial charge in [-0.2, -0.15) is 0 Å². The molecule has 1 heteroatoms. The highest BCUT2D eigenvalue weighted by Gasteiger charge is 1.95. The van der Waals surface area contributed by atoms with Crippen molar-refractivity contribution in [2.45, 2.75) is 40.5 Å². The van der Waals surface area contributed by atoms with Gasteiger partial charge in [0, 0.05) is 11.9 Å². The molecular formula is C19H27N. The third kappa shape index (κ3) is 7.73. The van der Waals surface area contributed by atoms with Gasteiger partial charge in [-0.25, -0.2) is 0 Å². The van der Waals surface area contributed by atoms with Gasteiger partial charge in [0.2, 0.25) is 0 Å². The predicted octanol–water partition coefficient (Wildman–Crippen LogP) is 5.17. The summed E-state index contributed by atoms with van der Waals surface area (Å²) in [7, 11) is 0. The van der Waals surface area contributed by atoms with Crippen LogP contribution in [0.25, 0.3) is 0 Å². The average molecular weight is 269 g/mol. The molecule has 2 aromatic rings. The Hall–Kier alpha value is -1.63. The average Bonchev–Trinajstić information content (AvgIpc) is 2.40. The van der Waals surface area contributed by atoms with Crippen LogP contribution in [0.5, 0.6) is 0 Å². The molecule has 0 aliphatic heterocycles. The van der Waals surface area contributed by atoms with Crippen LogP contribution in [0.1, 0.15) is 39.0 Å². The largest absolute Gasteiger partial charge is 0.261 e. The van der Waals surface area contributed by atoms with Crippen LogP contribution in [0.15, 0.2) is 54.7 Å². The minimum absolute atomic E-state index is 0.704. The van der Waals surface area contributed by atoms with Crippen molar-refractivity contribution in [2.24, 2.45) is 11.8 Å². The lowest BCUT2D eigenvalue weighted by molar-refractivity contribution is 0.635. The second-order valence-electron chi connectivity index (χ2n) is 6.00. The number of benzene rings is 1. The van der Waals surface area contributed by atoms with E-state index in [4.69, 9.17) is 0 Å². The zero-order valence-electron chi connectivity index (χ0n) is 13.2. The first kappa shape index (κ1) is 16.4. The first-order valence-electron chi connectivity index (χ1n) is 7.51. The van der Waals surface area contributed by atoms with Crippen LogP contribution in [0.2, 0.25) is 0 Å². The lowest BCUT2D eigenvalue weighted by Gasteiger charge is -2.02. The Labute approximate surface area is 124 Å². The Morgan fingerprint density at radius 1 is 0.750 bits per heavy atom. The van der Waals surface area contributed by atoms with Crippen LogP contribution in [0, 0.1) is 11.8 Å². The van der Waals surface area contributed by atoms with E-state index in [1.165, 1.54) is 17.7 Å². The van der Waals surface area contributed by atoms with E-state index in [0.717, 1.165) is 12.3 Å². The highest BCUT2D eigenvalue weighted by Crippen LogP contribution is 2.06. The van der Waals surface area contributed by atoms with Gasteiger partial charge in [0.25, 0.3) is 0 Å². The smallest absolute Gasteiger partial charge is 0.0406 e. The Morgan fingerprint density at radius 2 is 1.35 bits per heavy atom. The van der Waals surface area contributed by atoms with Crippen molar-refractivity contribution < 1.29 is 0 Å². The zero-order chi connectivity index (χ0) is 14.8. The number of aromatic nitrogens is 1. The first-order valence-corrected chi connectivity index (χ1v) is 7.51. The molecule has 0 N–H and O–H groups in total. The molecule has 0 radical (unpaired) electrons. The normalized spacial score (nSPS) is 10.3. The predicted molar refractivity (Wildman–Crippen MR) is 87.8 cm³/mol. The Morgan fingerprint density at radius 3 is 1.85 bits per heavy atom. The summed E-state index contributed by atoms with van der Waals surface area (Å²) in [5.41, 5.74) is 2.63. The molecule has 1 aromatic heterocycles. The second-order valence-corrected chi connectivity index (χ2v) is 6.00. The molecule has 0 aliphatic carbocycles. The number of pyridine rings is 1. The van der Waals surface area contributed by atoms with Crippen LogP contribution >= 0.6 is 0 Å². The SMILES string of the molecule is CC(C)Cc1ccccc1.CC(C)Cc1ccccn1. The van der Waals surface area contributed by atoms with Crippen LogP contribution < -0.4 is 0 Å². The van der Waals surface area contributed by atoms with E-state index >= 15 is 0 Å². The van der Waals surface area contributed by atoms with E-state index in [1.54, 1.807) is 0 Å². The molecule has 20 heavy (non-hydrogen) atoms. The lowest BCUT2D eigenvalue weighted by Crippen LogP contribution is -1.95. The van der Waals surface area contributed by atoms with Gasteiger partial charge in [0.1, 0.15) is 0 Å². The Kier molecular flexibility index (Phi) is 7.64. The molecule has 0 atom stereocenters. The van der Waals surface area contributed by atoms with Crippen molar-refractivity contribution in [1.29, 1.82) is 0 Å². The summed E-state index contributed by atoms with van der Waals surface area (Å²) < 4.78 is 0. The van der Waals surface area contributed by atoms with Crippen LogP contribution in [0.3, 0.4) is 0 Å². The molecule has 0 amide bonds. The van der Waals surface area contributed by atoms with E-state index < -0.39 is 0 Å². The maximum Gasteiger partial charge on any atom is 0.0406 e. The summed E-state index contributed by atoms with van der Waals surface area (Å²) in [4.78, 5) is 4.22. The van der Waals surface area contributed by atoms with Gasteiger partial charge in [-0.05, 0) is 42.4 Å². The summed E-state index contributed by atoms with van der Waals surface area (Å²) >= 11 is 0. The number of nitrogens with zero attached hydrogens (tertiary/aromatic N) is 1. The van der Waals surface area contributed by atoms with Crippen molar-refractivity contribution in [3.8, 4) is 0 Å². The molecule has 0 bridgehead atoms. The molecule has 108 valence electrons. The van der Waals surface area contributed by atoms with Gasteiger partial charge < -0.3 is 0 Å². The first-order chi connectivity index (χ1) is 9.58. The van der Waals surface area contributed by atoms with Gasteiger partial charge in [-0.15, -0.1) is 0 Å². The Balaban J connectivity index is 0.000000200. The summed E-state index contributed by atoms with van der Waals surface area (Å²) in [5.74, 6) is 1.47. The summed E-state index contributed by atoms with van der Waals surface area (Å²) in [6, 6.07) is 16.7. The van der Waals surface area contributed by atoms with E-state index in [-0.39, 0.29) is 0 Å². The minimum Gasteiger partial charge on any atom is -0.261 e. The van der Waals surface area contributed by atoms with E-state index in [2.05, 4.69) is 69.1 Å². The molecule has 0 aliphatic rings. The van der Waals surface area contributed by atoms with Crippen LogP contribution in [-0.2, 0) is 12.8 Å². The summed E-state index contributed by atoms with van der Waals surface area (Å²) in [6.45, 7) is 8.89. The molecule has 0 saturated heterocycles. The lowest BCUT2D eigenvalue weighted by atomic mass is 10.0. The molecule has 0 fully saturated rings. The Bertz CT molecular complexity index is 400. The molecule has 0 unspecified atom stereocenters. The highest BCUT2D eigenvalue weighted by atomic mass is 14.7. The molecule has 0 spiro atoms. The highest BCUT2D eigenvalue weighted by molar-refractivity contribution is 5.14. The van der Waals surface area contributed by atoms with Crippen LogP contribution in [0.4, 0.5) is 0 Å². The number of rotatable bonds is 4. The molecule has 1 aromatic carbocycles. The number of hydrogen-bond acceptors (Lipinski definition) is 1. The fourth-order valence-electron chi connectivity index (χ4n) is 2.02. The van der Waals surface area contributed by atoms with Crippen molar-refractivity contribution in [2.75, 3.05) is 0 Å². The summed E-state index contributed by atoms with van der Waals surface area (Å²) in [5, 5.41) is 0. The minimum atomic E-state index is 0.704. The fraction of sp³-hybridized carbons (Fsp3) is 0.421. The van der Waals surface area contributed by atoms with Crippen molar-refractivity contribution in [1.82, 2.24) is 4.98 Å². The third-order valence-electron chi connectivity index (χ3n) is 2.83. The quantitative estimate of drug-likeness (QED) is 0.746. The third-order valence-corrected chi connectivity index (χ3v) is 2.83. The van der Waals surface area contributed by atoms with E-state index in [0.29, 0.717) is 5.92 Å². The molecule has 0 saturated carbocycles.